The summed E-state index contributed by atoms with van der Waals surface area (Å²) in [6.07, 6.45) is 0. The molecule has 0 saturated heterocycles. The van der Waals surface area contributed by atoms with Crippen LogP contribution in [-0.4, -0.2) is 22.0 Å². The van der Waals surface area contributed by atoms with E-state index < -0.39 is 17.7 Å². The molecular formula is C14H13FN2O3. The molecule has 0 aliphatic rings. The Bertz CT molecular complexity index is 692. The number of rotatable bonds is 3. The first-order valence-electron chi connectivity index (χ1n) is 5.89. The van der Waals surface area contributed by atoms with Gasteiger partial charge in [-0.2, -0.15) is 0 Å². The van der Waals surface area contributed by atoms with Crippen LogP contribution in [0.2, 0.25) is 0 Å². The number of amides is 1. The van der Waals surface area contributed by atoms with Crippen LogP contribution in [0.1, 0.15) is 32.1 Å². The minimum atomic E-state index is -1.13. The number of carboxylic acid groups (broad SMARTS) is 1. The fourth-order valence-electron chi connectivity index (χ4n) is 2.06. The van der Waals surface area contributed by atoms with Crippen LogP contribution < -0.4 is 5.32 Å². The first-order valence-corrected chi connectivity index (χ1v) is 5.89. The third-order valence-electron chi connectivity index (χ3n) is 2.96. The van der Waals surface area contributed by atoms with Crippen LogP contribution in [0, 0.1) is 19.7 Å². The molecule has 1 aromatic carbocycles. The number of hydrogen-bond acceptors (Lipinski definition) is 2. The number of aromatic carboxylic acids is 1. The number of anilines is 1. The molecule has 0 radical (unpaired) electrons. The summed E-state index contributed by atoms with van der Waals surface area (Å²) in [4.78, 5) is 25.8. The summed E-state index contributed by atoms with van der Waals surface area (Å²) in [5.74, 6) is -2.07. The van der Waals surface area contributed by atoms with Crippen molar-refractivity contribution in [2.75, 3.05) is 5.32 Å². The van der Waals surface area contributed by atoms with Gasteiger partial charge in [0.15, 0.2) is 0 Å². The molecule has 1 aromatic heterocycles. The number of aromatic nitrogens is 1. The van der Waals surface area contributed by atoms with Crippen molar-refractivity contribution in [1.29, 1.82) is 0 Å². The first-order chi connectivity index (χ1) is 9.40. The lowest BCUT2D eigenvalue weighted by Gasteiger charge is -2.06. The summed E-state index contributed by atoms with van der Waals surface area (Å²) in [6, 6.07) is 5.49. The second-order valence-electron chi connectivity index (χ2n) is 4.39. The van der Waals surface area contributed by atoms with Gasteiger partial charge in [0.25, 0.3) is 5.91 Å². The number of carboxylic acids is 1. The predicted octanol–water partition coefficient (Wildman–Crippen LogP) is 2.72. The number of aromatic amines is 1. The van der Waals surface area contributed by atoms with E-state index in [0.717, 1.165) is 0 Å². The molecule has 0 atom stereocenters. The molecule has 2 aromatic rings. The van der Waals surface area contributed by atoms with E-state index in [1.807, 2.05) is 0 Å². The Morgan fingerprint density at radius 3 is 2.55 bits per heavy atom. The predicted molar refractivity (Wildman–Crippen MR) is 71.6 cm³/mol. The summed E-state index contributed by atoms with van der Waals surface area (Å²) in [5.41, 5.74) is 1.35. The van der Waals surface area contributed by atoms with Crippen molar-refractivity contribution < 1.29 is 19.1 Å². The van der Waals surface area contributed by atoms with Gasteiger partial charge in [0.05, 0.1) is 5.56 Å². The monoisotopic (exact) mass is 276 g/mol. The zero-order valence-electron chi connectivity index (χ0n) is 11.0. The van der Waals surface area contributed by atoms with Gasteiger partial charge in [-0.05, 0) is 37.6 Å². The van der Waals surface area contributed by atoms with E-state index in [4.69, 9.17) is 5.11 Å². The molecule has 20 heavy (non-hydrogen) atoms. The van der Waals surface area contributed by atoms with Gasteiger partial charge in [0.2, 0.25) is 0 Å². The zero-order chi connectivity index (χ0) is 14.9. The van der Waals surface area contributed by atoms with Crippen molar-refractivity contribution in [2.45, 2.75) is 13.8 Å². The largest absolute Gasteiger partial charge is 0.477 e. The number of benzene rings is 1. The molecule has 3 N–H and O–H groups in total. The average Bonchev–Trinajstić information content (AvgIpc) is 2.65. The quantitative estimate of drug-likeness (QED) is 0.806. The third-order valence-corrected chi connectivity index (χ3v) is 2.96. The van der Waals surface area contributed by atoms with Crippen molar-refractivity contribution in [1.82, 2.24) is 4.98 Å². The van der Waals surface area contributed by atoms with Crippen molar-refractivity contribution in [3.05, 3.63) is 52.6 Å². The van der Waals surface area contributed by atoms with Crippen LogP contribution in [0.4, 0.5) is 10.1 Å². The van der Waals surface area contributed by atoms with E-state index in [1.165, 1.54) is 18.2 Å². The van der Waals surface area contributed by atoms with Crippen molar-refractivity contribution in [3.8, 4) is 0 Å². The molecule has 0 unspecified atom stereocenters. The summed E-state index contributed by atoms with van der Waals surface area (Å²) < 4.78 is 13.1. The van der Waals surface area contributed by atoms with Crippen LogP contribution in [0.25, 0.3) is 0 Å². The van der Waals surface area contributed by atoms with Gasteiger partial charge in [-0.25, -0.2) is 9.18 Å². The molecule has 0 spiro atoms. The highest BCUT2D eigenvalue weighted by atomic mass is 19.1. The summed E-state index contributed by atoms with van der Waals surface area (Å²) in [5, 5.41) is 11.5. The minimum Gasteiger partial charge on any atom is -0.477 e. The Balaban J connectivity index is 2.32. The van der Waals surface area contributed by atoms with Gasteiger partial charge in [-0.1, -0.05) is 6.07 Å². The molecule has 0 bridgehead atoms. The highest BCUT2D eigenvalue weighted by Crippen LogP contribution is 2.20. The molecule has 2 rings (SSSR count). The number of carbonyl (C=O) groups is 2. The van der Waals surface area contributed by atoms with Crippen molar-refractivity contribution in [2.24, 2.45) is 0 Å². The number of nitrogens with one attached hydrogen (secondary N) is 2. The van der Waals surface area contributed by atoms with Crippen LogP contribution in [0.5, 0.6) is 0 Å². The smallest absolute Gasteiger partial charge is 0.352 e. The summed E-state index contributed by atoms with van der Waals surface area (Å²) in [6.45, 7) is 3.16. The maximum atomic E-state index is 13.1. The highest BCUT2D eigenvalue weighted by molar-refractivity contribution is 6.08. The third kappa shape index (κ3) is 2.54. The molecule has 0 aliphatic carbocycles. The van der Waals surface area contributed by atoms with Crippen LogP contribution in [-0.2, 0) is 0 Å². The SMILES string of the molecule is Cc1[nH]c(C(=O)O)c(C)c1C(=O)Nc1cccc(F)c1. The molecule has 0 saturated carbocycles. The van der Waals surface area contributed by atoms with Crippen molar-refractivity contribution in [3.63, 3.8) is 0 Å². The van der Waals surface area contributed by atoms with Crippen LogP contribution in [0.15, 0.2) is 24.3 Å². The number of H-pyrrole nitrogens is 1. The Morgan fingerprint density at radius 2 is 2.00 bits per heavy atom. The standard InChI is InChI=1S/C14H13FN2O3/c1-7-11(8(2)16-12(7)14(19)20)13(18)17-10-5-3-4-9(15)6-10/h3-6,16H,1-2H3,(H,17,18)(H,19,20). The van der Waals surface area contributed by atoms with Gasteiger partial charge < -0.3 is 15.4 Å². The van der Waals surface area contributed by atoms with Crippen LogP contribution >= 0.6 is 0 Å². The maximum Gasteiger partial charge on any atom is 0.352 e. The van der Waals surface area contributed by atoms with Crippen molar-refractivity contribution >= 4 is 17.6 Å². The number of hydrogen-bond donors (Lipinski definition) is 3. The van der Waals surface area contributed by atoms with Gasteiger partial charge in [0, 0.05) is 11.4 Å². The molecule has 1 heterocycles. The Kier molecular flexibility index (Phi) is 3.56. The lowest BCUT2D eigenvalue weighted by atomic mass is 10.1. The van der Waals surface area contributed by atoms with E-state index in [9.17, 15) is 14.0 Å². The topological polar surface area (TPSA) is 82.2 Å². The van der Waals surface area contributed by atoms with E-state index in [0.29, 0.717) is 16.9 Å². The lowest BCUT2D eigenvalue weighted by molar-refractivity contribution is 0.0690. The Labute approximate surface area is 114 Å². The molecule has 6 heteroatoms. The molecule has 5 nitrogen and oxygen atoms in total. The fourth-order valence-corrected chi connectivity index (χ4v) is 2.06. The summed E-state index contributed by atoms with van der Waals surface area (Å²) >= 11 is 0. The lowest BCUT2D eigenvalue weighted by Crippen LogP contribution is -2.14. The maximum absolute atomic E-state index is 13.1. The normalized spacial score (nSPS) is 10.3. The Morgan fingerprint density at radius 1 is 1.30 bits per heavy atom. The highest BCUT2D eigenvalue weighted by Gasteiger charge is 2.21. The molecule has 0 aliphatic heterocycles. The molecular weight excluding hydrogens is 263 g/mol. The summed E-state index contributed by atoms with van der Waals surface area (Å²) in [7, 11) is 0. The number of halogens is 1. The van der Waals surface area contributed by atoms with E-state index in [2.05, 4.69) is 10.3 Å². The van der Waals surface area contributed by atoms with Gasteiger partial charge in [-0.3, -0.25) is 4.79 Å². The van der Waals surface area contributed by atoms with Gasteiger partial charge in [0.1, 0.15) is 11.5 Å². The number of aryl methyl sites for hydroxylation is 1. The molecule has 1 amide bonds. The first kappa shape index (κ1) is 13.8. The number of carbonyl (C=O) groups excluding carboxylic acids is 1. The Hall–Kier alpha value is -2.63. The van der Waals surface area contributed by atoms with E-state index >= 15 is 0 Å². The molecule has 0 fully saturated rings. The van der Waals surface area contributed by atoms with E-state index in [-0.39, 0.29) is 11.3 Å². The minimum absolute atomic E-state index is 0.0214. The van der Waals surface area contributed by atoms with Gasteiger partial charge in [-0.15, -0.1) is 0 Å². The van der Waals surface area contributed by atoms with E-state index in [1.54, 1.807) is 19.9 Å². The van der Waals surface area contributed by atoms with Gasteiger partial charge >= 0.3 is 5.97 Å². The second-order valence-corrected chi connectivity index (χ2v) is 4.39. The fraction of sp³-hybridized carbons (Fsp3) is 0.143. The second kappa shape index (κ2) is 5.16. The zero-order valence-corrected chi connectivity index (χ0v) is 11.0. The van der Waals surface area contributed by atoms with Crippen LogP contribution in [0.3, 0.4) is 0 Å². The average molecular weight is 276 g/mol. The molecule has 104 valence electrons.